The van der Waals surface area contributed by atoms with Crippen molar-refractivity contribution in [3.8, 4) is 11.5 Å². The van der Waals surface area contributed by atoms with Crippen LogP contribution in [0, 0.1) is 0 Å². The molecule has 0 amide bonds. The molecule has 0 unspecified atom stereocenters. The largest absolute Gasteiger partial charge is 0.493 e. The monoisotopic (exact) mass is 281 g/mol. The molecule has 0 heterocycles. The Morgan fingerprint density at radius 1 is 1.25 bits per heavy atom. The topological polar surface area (TPSA) is 103 Å². The second-order valence-corrected chi connectivity index (χ2v) is 3.54. The van der Waals surface area contributed by atoms with Gasteiger partial charge in [-0.05, 0) is 17.7 Å². The third-order valence-electron chi connectivity index (χ3n) is 2.38. The van der Waals surface area contributed by atoms with Crippen molar-refractivity contribution in [2.45, 2.75) is 0 Å². The summed E-state index contributed by atoms with van der Waals surface area (Å²) in [5, 5.41) is 3.45. The number of nitrogens with zero attached hydrogens (tertiary/aromatic N) is 3. The molecule has 8 nitrogen and oxygen atoms in total. The van der Waals surface area contributed by atoms with Crippen LogP contribution in [0.2, 0.25) is 0 Å². The lowest BCUT2D eigenvalue weighted by atomic mass is 10.1. The first-order valence-corrected chi connectivity index (χ1v) is 5.65. The van der Waals surface area contributed by atoms with Crippen molar-refractivity contribution in [3.05, 3.63) is 28.1 Å². The fraction of sp³-hybridized carbons (Fsp3) is 0.417. The number of benzene rings is 1. The molecule has 0 atom stereocenters. The van der Waals surface area contributed by atoms with E-state index in [9.17, 15) is 4.79 Å². The lowest BCUT2D eigenvalue weighted by Gasteiger charge is -2.13. The molecular formula is C12H15N3O5. The van der Waals surface area contributed by atoms with E-state index < -0.39 is 5.97 Å². The fourth-order valence-electron chi connectivity index (χ4n) is 1.46. The minimum Gasteiger partial charge on any atom is -0.493 e. The number of hydrogen-bond donors (Lipinski definition) is 0. The van der Waals surface area contributed by atoms with Crippen LogP contribution in [-0.2, 0) is 9.47 Å². The number of methoxy groups -OCH3 is 3. The maximum atomic E-state index is 11.6. The minimum atomic E-state index is -0.630. The second kappa shape index (κ2) is 7.88. The van der Waals surface area contributed by atoms with Gasteiger partial charge in [0.1, 0.15) is 6.61 Å². The van der Waals surface area contributed by atoms with Gasteiger partial charge in [-0.25, -0.2) is 4.79 Å². The average Bonchev–Trinajstić information content (AvgIpc) is 2.47. The van der Waals surface area contributed by atoms with Crippen LogP contribution in [-0.4, -0.2) is 40.5 Å². The summed E-state index contributed by atoms with van der Waals surface area (Å²) < 4.78 is 20.1. The summed E-state index contributed by atoms with van der Waals surface area (Å²) in [6.07, 6.45) is 0. The molecule has 0 radical (unpaired) electrons. The standard InChI is InChI=1S/C12H15N3O5/c1-17-4-5-20-11-7-9(14-15-13)8(12(16)19-3)6-10(11)18-2/h6-7H,4-5H2,1-3H3. The van der Waals surface area contributed by atoms with Gasteiger partial charge in [-0.3, -0.25) is 0 Å². The number of hydrogen-bond acceptors (Lipinski definition) is 6. The molecule has 0 aliphatic carbocycles. The molecule has 1 rings (SSSR count). The van der Waals surface area contributed by atoms with E-state index in [0.29, 0.717) is 24.7 Å². The van der Waals surface area contributed by atoms with Gasteiger partial charge in [0, 0.05) is 12.0 Å². The SMILES string of the molecule is COCCOc1cc(N=[N+]=[N-])c(C(=O)OC)cc1OC. The minimum absolute atomic E-state index is 0.0984. The Hall–Kier alpha value is -2.44. The van der Waals surface area contributed by atoms with Crippen LogP contribution in [0.3, 0.4) is 0 Å². The van der Waals surface area contributed by atoms with E-state index in [1.807, 2.05) is 0 Å². The Labute approximate surface area is 115 Å². The molecule has 0 aromatic heterocycles. The number of carbonyl (C=O) groups excluding carboxylic acids is 1. The van der Waals surface area contributed by atoms with Crippen LogP contribution in [0.1, 0.15) is 10.4 Å². The molecule has 0 bridgehead atoms. The number of rotatable bonds is 7. The highest BCUT2D eigenvalue weighted by atomic mass is 16.5. The van der Waals surface area contributed by atoms with Gasteiger partial charge < -0.3 is 18.9 Å². The van der Waals surface area contributed by atoms with Crippen molar-refractivity contribution >= 4 is 11.7 Å². The normalized spacial score (nSPS) is 9.55. The maximum Gasteiger partial charge on any atom is 0.338 e. The molecule has 0 aliphatic rings. The van der Waals surface area contributed by atoms with E-state index in [0.717, 1.165) is 0 Å². The van der Waals surface area contributed by atoms with Crippen LogP contribution in [0.15, 0.2) is 17.2 Å². The molecule has 1 aromatic carbocycles. The first-order valence-electron chi connectivity index (χ1n) is 5.65. The Kier molecular flexibility index (Phi) is 6.15. The first kappa shape index (κ1) is 15.6. The maximum absolute atomic E-state index is 11.6. The summed E-state index contributed by atoms with van der Waals surface area (Å²) in [7, 11) is 4.22. The van der Waals surface area contributed by atoms with Gasteiger partial charge in [-0.2, -0.15) is 0 Å². The summed E-state index contributed by atoms with van der Waals surface area (Å²) in [6.45, 7) is 0.679. The highest BCUT2D eigenvalue weighted by Crippen LogP contribution is 2.35. The summed E-state index contributed by atoms with van der Waals surface area (Å²) in [5.41, 5.74) is 8.75. The van der Waals surface area contributed by atoms with E-state index in [2.05, 4.69) is 14.8 Å². The summed E-state index contributed by atoms with van der Waals surface area (Å²) in [6, 6.07) is 2.82. The molecule has 0 spiro atoms. The molecule has 0 fully saturated rings. The molecule has 8 heteroatoms. The van der Waals surface area contributed by atoms with E-state index in [4.69, 9.17) is 19.7 Å². The van der Waals surface area contributed by atoms with Crippen molar-refractivity contribution in [3.63, 3.8) is 0 Å². The van der Waals surface area contributed by atoms with Gasteiger partial charge in [-0.15, -0.1) is 0 Å². The highest BCUT2D eigenvalue weighted by molar-refractivity contribution is 5.95. The Bertz CT molecular complexity index is 526. The Balaban J connectivity index is 3.21. The quantitative estimate of drug-likeness (QED) is 0.251. The van der Waals surface area contributed by atoms with E-state index in [1.54, 1.807) is 7.11 Å². The molecule has 0 N–H and O–H groups in total. The van der Waals surface area contributed by atoms with Crippen molar-refractivity contribution < 1.29 is 23.7 Å². The zero-order chi connectivity index (χ0) is 15.0. The van der Waals surface area contributed by atoms with Crippen LogP contribution < -0.4 is 9.47 Å². The average molecular weight is 281 g/mol. The van der Waals surface area contributed by atoms with Gasteiger partial charge in [0.05, 0.1) is 32.1 Å². The van der Waals surface area contributed by atoms with E-state index in [-0.39, 0.29) is 11.3 Å². The third kappa shape index (κ3) is 3.78. The van der Waals surface area contributed by atoms with Gasteiger partial charge >= 0.3 is 5.97 Å². The van der Waals surface area contributed by atoms with Gasteiger partial charge in [0.25, 0.3) is 0 Å². The van der Waals surface area contributed by atoms with E-state index >= 15 is 0 Å². The van der Waals surface area contributed by atoms with Gasteiger partial charge in [-0.1, -0.05) is 5.11 Å². The lowest BCUT2D eigenvalue weighted by Crippen LogP contribution is -2.07. The lowest BCUT2D eigenvalue weighted by molar-refractivity contribution is 0.0601. The van der Waals surface area contributed by atoms with Crippen molar-refractivity contribution in [1.82, 2.24) is 0 Å². The zero-order valence-corrected chi connectivity index (χ0v) is 11.5. The highest BCUT2D eigenvalue weighted by Gasteiger charge is 2.17. The smallest absolute Gasteiger partial charge is 0.338 e. The zero-order valence-electron chi connectivity index (χ0n) is 11.5. The summed E-state index contributed by atoms with van der Waals surface area (Å²) >= 11 is 0. The predicted octanol–water partition coefficient (Wildman–Crippen LogP) is 2.45. The fourth-order valence-corrected chi connectivity index (χ4v) is 1.46. The number of carbonyl (C=O) groups is 1. The van der Waals surface area contributed by atoms with Crippen LogP contribution >= 0.6 is 0 Å². The van der Waals surface area contributed by atoms with Gasteiger partial charge in [0.15, 0.2) is 11.5 Å². The molecule has 0 saturated carbocycles. The molecule has 1 aromatic rings. The number of ether oxygens (including phenoxy) is 4. The van der Waals surface area contributed by atoms with Gasteiger partial charge in [0.2, 0.25) is 0 Å². The van der Waals surface area contributed by atoms with Crippen LogP contribution in [0.5, 0.6) is 11.5 Å². The summed E-state index contributed by atoms with van der Waals surface area (Å²) in [5.74, 6) is 0.0483. The molecule has 108 valence electrons. The van der Waals surface area contributed by atoms with Crippen LogP contribution in [0.4, 0.5) is 5.69 Å². The molecule has 20 heavy (non-hydrogen) atoms. The van der Waals surface area contributed by atoms with Crippen molar-refractivity contribution in [1.29, 1.82) is 0 Å². The van der Waals surface area contributed by atoms with Crippen LogP contribution in [0.25, 0.3) is 10.4 Å². The predicted molar refractivity (Wildman–Crippen MR) is 70.5 cm³/mol. The molecular weight excluding hydrogens is 266 g/mol. The number of azide groups is 1. The number of esters is 1. The Morgan fingerprint density at radius 2 is 2.00 bits per heavy atom. The molecule has 0 saturated heterocycles. The second-order valence-electron chi connectivity index (χ2n) is 3.54. The third-order valence-corrected chi connectivity index (χ3v) is 2.38. The van der Waals surface area contributed by atoms with Crippen molar-refractivity contribution in [2.75, 3.05) is 34.5 Å². The van der Waals surface area contributed by atoms with E-state index in [1.165, 1.54) is 26.4 Å². The van der Waals surface area contributed by atoms with Crippen molar-refractivity contribution in [2.24, 2.45) is 5.11 Å². The summed E-state index contributed by atoms with van der Waals surface area (Å²) in [4.78, 5) is 14.3. The first-order chi connectivity index (χ1) is 9.67. The molecule has 0 aliphatic heterocycles. The Morgan fingerprint density at radius 3 is 2.55 bits per heavy atom.